The lowest BCUT2D eigenvalue weighted by molar-refractivity contribution is -0.132. The zero-order chi connectivity index (χ0) is 22.1. The van der Waals surface area contributed by atoms with E-state index in [0.717, 1.165) is 10.0 Å². The van der Waals surface area contributed by atoms with Gasteiger partial charge < -0.3 is 9.84 Å². The van der Waals surface area contributed by atoms with E-state index in [1.165, 1.54) is 4.90 Å². The Labute approximate surface area is 196 Å². The van der Waals surface area contributed by atoms with Crippen molar-refractivity contribution in [1.29, 1.82) is 0 Å². The quantitative estimate of drug-likeness (QED) is 0.255. The standard InChI is InChI=1S/C24H17Br2NO4/c1-31-19-12-7-15(13-18(19)26)22(28)20-21(14-5-3-2-4-6-14)27(24(30)23(20)29)17-10-8-16(25)9-11-17/h2-13,21,28H,1H3/b22-20-. The Bertz CT molecular complexity index is 1190. The third-order valence-electron chi connectivity index (χ3n) is 5.09. The van der Waals surface area contributed by atoms with Crippen molar-refractivity contribution >= 4 is 55.0 Å². The van der Waals surface area contributed by atoms with Gasteiger partial charge in [-0.2, -0.15) is 0 Å². The maximum atomic E-state index is 13.1. The Morgan fingerprint density at radius 2 is 1.65 bits per heavy atom. The number of anilines is 1. The first-order valence-electron chi connectivity index (χ1n) is 9.38. The van der Waals surface area contributed by atoms with Crippen molar-refractivity contribution in [3.8, 4) is 5.75 Å². The molecule has 3 aromatic rings. The van der Waals surface area contributed by atoms with Crippen molar-refractivity contribution < 1.29 is 19.4 Å². The number of amides is 1. The van der Waals surface area contributed by atoms with Crippen molar-refractivity contribution in [2.45, 2.75) is 6.04 Å². The van der Waals surface area contributed by atoms with Gasteiger partial charge in [-0.3, -0.25) is 14.5 Å². The van der Waals surface area contributed by atoms with Gasteiger partial charge in [0.2, 0.25) is 0 Å². The van der Waals surface area contributed by atoms with Crippen LogP contribution in [0.15, 0.2) is 87.3 Å². The molecule has 1 amide bonds. The molecule has 1 atom stereocenters. The lowest BCUT2D eigenvalue weighted by Crippen LogP contribution is -2.29. The van der Waals surface area contributed by atoms with Crippen LogP contribution in [0.1, 0.15) is 17.2 Å². The van der Waals surface area contributed by atoms with Crippen LogP contribution in [0.2, 0.25) is 0 Å². The van der Waals surface area contributed by atoms with Crippen LogP contribution in [0.5, 0.6) is 5.75 Å². The topological polar surface area (TPSA) is 66.8 Å². The molecule has 0 aliphatic carbocycles. The van der Waals surface area contributed by atoms with Gasteiger partial charge in [-0.05, 0) is 64.0 Å². The summed E-state index contributed by atoms with van der Waals surface area (Å²) in [5.41, 5.74) is 1.73. The number of benzene rings is 3. The SMILES string of the molecule is COc1ccc(/C(O)=C2/C(=O)C(=O)N(c3ccc(Br)cc3)C2c2ccccc2)cc1Br. The molecule has 7 heteroatoms. The molecule has 0 saturated carbocycles. The Hall–Kier alpha value is -2.90. The molecule has 5 nitrogen and oxygen atoms in total. The second kappa shape index (κ2) is 8.69. The summed E-state index contributed by atoms with van der Waals surface area (Å²) < 4.78 is 6.72. The average molecular weight is 543 g/mol. The van der Waals surface area contributed by atoms with Crippen molar-refractivity contribution in [2.75, 3.05) is 12.0 Å². The third kappa shape index (κ3) is 3.91. The van der Waals surface area contributed by atoms with E-state index in [-0.39, 0.29) is 11.3 Å². The summed E-state index contributed by atoms with van der Waals surface area (Å²) in [6, 6.07) is 20.5. The molecule has 0 bridgehead atoms. The van der Waals surface area contributed by atoms with Crippen LogP contribution in [0.4, 0.5) is 5.69 Å². The number of aliphatic hydroxyl groups excluding tert-OH is 1. The predicted molar refractivity (Wildman–Crippen MR) is 126 cm³/mol. The Morgan fingerprint density at radius 1 is 0.968 bits per heavy atom. The van der Waals surface area contributed by atoms with Crippen LogP contribution >= 0.6 is 31.9 Å². The summed E-state index contributed by atoms with van der Waals surface area (Å²) in [5.74, 6) is -1.08. The molecule has 1 aliphatic rings. The zero-order valence-corrected chi connectivity index (χ0v) is 19.6. The molecule has 1 N–H and O–H groups in total. The van der Waals surface area contributed by atoms with Gasteiger partial charge >= 0.3 is 0 Å². The van der Waals surface area contributed by atoms with E-state index in [4.69, 9.17) is 4.74 Å². The van der Waals surface area contributed by atoms with Crippen molar-refractivity contribution in [3.63, 3.8) is 0 Å². The van der Waals surface area contributed by atoms with Gasteiger partial charge in [-0.25, -0.2) is 0 Å². The Balaban J connectivity index is 1.92. The number of hydrogen-bond acceptors (Lipinski definition) is 4. The van der Waals surface area contributed by atoms with Gasteiger partial charge in [0.25, 0.3) is 11.7 Å². The summed E-state index contributed by atoms with van der Waals surface area (Å²) in [6.07, 6.45) is 0. The average Bonchev–Trinajstić information content (AvgIpc) is 3.05. The highest BCUT2D eigenvalue weighted by molar-refractivity contribution is 9.10. The summed E-state index contributed by atoms with van der Waals surface area (Å²) in [7, 11) is 1.54. The van der Waals surface area contributed by atoms with Crippen LogP contribution in [-0.4, -0.2) is 23.9 Å². The Kier molecular flexibility index (Phi) is 5.98. The first-order valence-corrected chi connectivity index (χ1v) is 11.0. The summed E-state index contributed by atoms with van der Waals surface area (Å²) in [4.78, 5) is 27.6. The number of carbonyl (C=O) groups excluding carboxylic acids is 2. The number of rotatable bonds is 4. The second-order valence-electron chi connectivity index (χ2n) is 6.91. The maximum Gasteiger partial charge on any atom is 0.300 e. The van der Waals surface area contributed by atoms with E-state index in [1.807, 2.05) is 30.3 Å². The van der Waals surface area contributed by atoms with Gasteiger partial charge in [0.15, 0.2) is 0 Å². The number of carbonyl (C=O) groups is 2. The number of hydrogen-bond donors (Lipinski definition) is 1. The maximum absolute atomic E-state index is 13.1. The molecule has 1 saturated heterocycles. The van der Waals surface area contributed by atoms with Crippen LogP contribution in [0.25, 0.3) is 5.76 Å². The fraction of sp³-hybridized carbons (Fsp3) is 0.0833. The molecule has 0 spiro atoms. The van der Waals surface area contributed by atoms with E-state index >= 15 is 0 Å². The van der Waals surface area contributed by atoms with Crippen LogP contribution in [0.3, 0.4) is 0 Å². The minimum absolute atomic E-state index is 0.0381. The van der Waals surface area contributed by atoms with Crippen molar-refractivity contribution in [1.82, 2.24) is 0 Å². The lowest BCUT2D eigenvalue weighted by Gasteiger charge is -2.25. The minimum Gasteiger partial charge on any atom is -0.507 e. The molecular formula is C24H17Br2NO4. The monoisotopic (exact) mass is 541 g/mol. The van der Waals surface area contributed by atoms with E-state index in [0.29, 0.717) is 21.5 Å². The molecular weight excluding hydrogens is 526 g/mol. The highest BCUT2D eigenvalue weighted by Crippen LogP contribution is 2.42. The molecule has 31 heavy (non-hydrogen) atoms. The third-order valence-corrected chi connectivity index (χ3v) is 6.24. The van der Waals surface area contributed by atoms with Gasteiger partial charge in [0, 0.05) is 15.7 Å². The molecule has 0 aromatic heterocycles. The number of nitrogens with zero attached hydrogens (tertiary/aromatic N) is 1. The molecule has 156 valence electrons. The smallest absolute Gasteiger partial charge is 0.300 e. The number of halogens is 2. The van der Waals surface area contributed by atoms with Crippen molar-refractivity contribution in [2.24, 2.45) is 0 Å². The first kappa shape index (κ1) is 21.3. The summed E-state index contributed by atoms with van der Waals surface area (Å²) in [5, 5.41) is 11.1. The summed E-state index contributed by atoms with van der Waals surface area (Å²) in [6.45, 7) is 0. The van der Waals surface area contributed by atoms with Gasteiger partial charge in [-0.1, -0.05) is 46.3 Å². The lowest BCUT2D eigenvalue weighted by atomic mass is 9.95. The van der Waals surface area contributed by atoms with Crippen molar-refractivity contribution in [3.05, 3.63) is 98.4 Å². The van der Waals surface area contributed by atoms with Crippen LogP contribution in [-0.2, 0) is 9.59 Å². The van der Waals surface area contributed by atoms with Gasteiger partial charge in [0.1, 0.15) is 11.5 Å². The second-order valence-corrected chi connectivity index (χ2v) is 8.68. The fourth-order valence-corrected chi connectivity index (χ4v) is 4.43. The predicted octanol–water partition coefficient (Wildman–Crippen LogP) is 5.85. The molecule has 1 unspecified atom stereocenters. The van der Waals surface area contributed by atoms with Crippen LogP contribution in [0, 0.1) is 0 Å². The zero-order valence-electron chi connectivity index (χ0n) is 16.4. The molecule has 3 aromatic carbocycles. The molecule has 4 rings (SSSR count). The number of Topliss-reactive ketones (excluding diaryl/α,β-unsaturated/α-hetero) is 1. The normalized spacial score (nSPS) is 17.8. The van der Waals surface area contributed by atoms with E-state index in [2.05, 4.69) is 31.9 Å². The van der Waals surface area contributed by atoms with Gasteiger partial charge in [-0.15, -0.1) is 0 Å². The Morgan fingerprint density at radius 3 is 2.26 bits per heavy atom. The number of methoxy groups -OCH3 is 1. The minimum atomic E-state index is -0.761. The fourth-order valence-electron chi connectivity index (χ4n) is 3.62. The highest BCUT2D eigenvalue weighted by atomic mass is 79.9. The van der Waals surface area contributed by atoms with E-state index in [9.17, 15) is 14.7 Å². The highest BCUT2D eigenvalue weighted by Gasteiger charge is 2.46. The van der Waals surface area contributed by atoms with Crippen LogP contribution < -0.4 is 9.64 Å². The molecule has 1 aliphatic heterocycles. The molecule has 1 fully saturated rings. The summed E-state index contributed by atoms with van der Waals surface area (Å²) >= 11 is 6.79. The number of ether oxygens (including phenoxy) is 1. The largest absolute Gasteiger partial charge is 0.507 e. The van der Waals surface area contributed by atoms with E-state index < -0.39 is 17.7 Å². The number of ketones is 1. The number of aliphatic hydroxyl groups is 1. The van der Waals surface area contributed by atoms with Gasteiger partial charge in [0.05, 0.1) is 23.2 Å². The molecule has 0 radical (unpaired) electrons. The van der Waals surface area contributed by atoms with E-state index in [1.54, 1.807) is 49.6 Å². The molecule has 1 heterocycles. The first-order chi connectivity index (χ1) is 14.9.